The van der Waals surface area contributed by atoms with E-state index in [9.17, 15) is 13.6 Å². The van der Waals surface area contributed by atoms with Gasteiger partial charge in [0, 0.05) is 31.4 Å². The zero-order valence-corrected chi connectivity index (χ0v) is 16.0. The van der Waals surface area contributed by atoms with Crippen molar-refractivity contribution in [3.8, 4) is 5.75 Å². The summed E-state index contributed by atoms with van der Waals surface area (Å²) in [6, 6.07) is 6.47. The van der Waals surface area contributed by atoms with Crippen molar-refractivity contribution in [2.24, 2.45) is 5.73 Å². The summed E-state index contributed by atoms with van der Waals surface area (Å²) >= 11 is 0. The number of nitrogens with two attached hydrogens (primary N) is 1. The number of carbonyl (C=O) groups is 1. The zero-order valence-electron chi connectivity index (χ0n) is 16.0. The van der Waals surface area contributed by atoms with Crippen molar-refractivity contribution in [3.05, 3.63) is 53.3 Å². The summed E-state index contributed by atoms with van der Waals surface area (Å²) in [6.45, 7) is -1.29. The number of alkyl halides is 2. The van der Waals surface area contributed by atoms with Gasteiger partial charge >= 0.3 is 18.5 Å². The Kier molecular flexibility index (Phi) is 4.93. The number of anilines is 1. The minimum absolute atomic E-state index is 0.0461. The predicted molar refractivity (Wildman–Crippen MR) is 100 cm³/mol. The van der Waals surface area contributed by atoms with Crippen LogP contribution < -0.4 is 20.4 Å². The molecular formula is C19H22F2N5O2+. The molecule has 0 spiro atoms. The Hall–Kier alpha value is -3.23. The number of hydrogen-bond donors (Lipinski definition) is 2. The van der Waals surface area contributed by atoms with Gasteiger partial charge in [0.25, 0.3) is 0 Å². The molecule has 1 aromatic heterocycles. The highest BCUT2D eigenvalue weighted by atomic mass is 19.3. The fraction of sp³-hybridized carbons (Fsp3) is 0.316. The lowest BCUT2D eigenvalue weighted by Crippen LogP contribution is -2.85. The van der Waals surface area contributed by atoms with Gasteiger partial charge in [-0.25, -0.2) is 4.90 Å². The Morgan fingerprint density at radius 3 is 2.50 bits per heavy atom. The second-order valence-electron chi connectivity index (χ2n) is 6.81. The average Bonchev–Trinajstić information content (AvgIpc) is 2.88. The van der Waals surface area contributed by atoms with Gasteiger partial charge in [-0.05, 0) is 30.7 Å². The van der Waals surface area contributed by atoms with Crippen LogP contribution in [0.4, 0.5) is 14.5 Å². The summed E-state index contributed by atoms with van der Waals surface area (Å²) in [5.74, 6) is -0.0692. The number of halogens is 2. The number of pyridine rings is 1. The van der Waals surface area contributed by atoms with Crippen LogP contribution in [0, 0.1) is 6.92 Å². The van der Waals surface area contributed by atoms with E-state index in [1.54, 1.807) is 38.5 Å². The fourth-order valence-electron chi connectivity index (χ4n) is 3.24. The molecule has 0 radical (unpaired) electrons. The molecule has 2 aromatic rings. The van der Waals surface area contributed by atoms with Crippen LogP contribution in [0.3, 0.4) is 0 Å². The highest BCUT2D eigenvalue weighted by Crippen LogP contribution is 2.33. The Labute approximate surface area is 161 Å². The Balaban J connectivity index is 2.21. The van der Waals surface area contributed by atoms with Crippen molar-refractivity contribution in [2.75, 3.05) is 26.0 Å². The third-order valence-electron chi connectivity index (χ3n) is 4.80. The molecule has 1 aliphatic heterocycles. The number of amides is 1. The lowest BCUT2D eigenvalue weighted by molar-refractivity contribution is -0.525. The summed E-state index contributed by atoms with van der Waals surface area (Å²) < 4.78 is 29.7. The van der Waals surface area contributed by atoms with Crippen LogP contribution in [-0.2, 0) is 10.3 Å². The molecule has 1 unspecified atom stereocenters. The first-order valence-electron chi connectivity index (χ1n) is 8.54. The van der Waals surface area contributed by atoms with Gasteiger partial charge in [-0.1, -0.05) is 6.07 Å². The minimum atomic E-state index is -2.93. The maximum absolute atomic E-state index is 13.3. The molecule has 1 atom stereocenters. The van der Waals surface area contributed by atoms with Gasteiger partial charge in [-0.3, -0.25) is 20.5 Å². The van der Waals surface area contributed by atoms with Crippen LogP contribution in [0.25, 0.3) is 0 Å². The lowest BCUT2D eigenvalue weighted by atomic mass is 9.82. The summed E-state index contributed by atoms with van der Waals surface area (Å²) in [6.07, 6.45) is 3.27. The number of nitrogens with zero attached hydrogens (tertiary/aromatic N) is 3. The Morgan fingerprint density at radius 1 is 1.25 bits per heavy atom. The number of benzene rings is 1. The van der Waals surface area contributed by atoms with Gasteiger partial charge < -0.3 is 9.64 Å². The normalized spacial score (nSPS) is 19.2. The molecule has 0 saturated carbocycles. The second kappa shape index (κ2) is 7.06. The number of nitrogens with one attached hydrogen (secondary N) is 1. The molecule has 2 heterocycles. The largest absolute Gasteiger partial charge is 0.435 e. The molecule has 148 valence electrons. The molecule has 1 aromatic carbocycles. The van der Waals surface area contributed by atoms with Crippen molar-refractivity contribution in [2.45, 2.75) is 19.1 Å². The first-order chi connectivity index (χ1) is 13.2. The number of guanidine groups is 1. The minimum Gasteiger partial charge on any atom is -0.435 e. The summed E-state index contributed by atoms with van der Waals surface area (Å²) in [7, 11) is 5.30. The van der Waals surface area contributed by atoms with Gasteiger partial charge in [0.2, 0.25) is 5.54 Å². The molecule has 9 heteroatoms. The van der Waals surface area contributed by atoms with Crippen molar-refractivity contribution < 1.29 is 23.3 Å². The highest BCUT2D eigenvalue weighted by Gasteiger charge is 2.54. The quantitative estimate of drug-likeness (QED) is 0.760. The zero-order chi connectivity index (χ0) is 20.6. The van der Waals surface area contributed by atoms with E-state index >= 15 is 0 Å². The lowest BCUT2D eigenvalue weighted by Gasteiger charge is -2.25. The molecule has 0 aliphatic carbocycles. The number of aryl methyl sites for hydroxylation is 1. The van der Waals surface area contributed by atoms with E-state index in [1.807, 2.05) is 25.1 Å². The van der Waals surface area contributed by atoms with Crippen LogP contribution >= 0.6 is 0 Å². The molecule has 0 fully saturated rings. The fourth-order valence-corrected chi connectivity index (χ4v) is 3.24. The average molecular weight is 390 g/mol. The van der Waals surface area contributed by atoms with Crippen molar-refractivity contribution in [1.29, 1.82) is 0 Å². The van der Waals surface area contributed by atoms with Gasteiger partial charge in [0.05, 0.1) is 18.9 Å². The summed E-state index contributed by atoms with van der Waals surface area (Å²) in [5.41, 5.74) is 7.07. The maximum Gasteiger partial charge on any atom is 0.387 e. The van der Waals surface area contributed by atoms with E-state index in [4.69, 9.17) is 5.73 Å². The third kappa shape index (κ3) is 3.12. The number of carbonyl (C=O) groups excluding carboxylic acids is 1. The van der Waals surface area contributed by atoms with Crippen LogP contribution in [0.2, 0.25) is 0 Å². The monoisotopic (exact) mass is 390 g/mol. The highest BCUT2D eigenvalue weighted by molar-refractivity contribution is 6.03. The maximum atomic E-state index is 13.3. The second-order valence-corrected chi connectivity index (χ2v) is 6.81. The van der Waals surface area contributed by atoms with Crippen molar-refractivity contribution >= 4 is 17.6 Å². The number of likely N-dealkylation sites (N-methyl/N-ethyl adjacent to an activating group) is 1. The number of rotatable bonds is 5. The molecule has 3 N–H and O–H groups in total. The van der Waals surface area contributed by atoms with E-state index in [0.29, 0.717) is 16.7 Å². The molecule has 0 saturated heterocycles. The van der Waals surface area contributed by atoms with Crippen LogP contribution in [0.15, 0.2) is 36.7 Å². The first-order valence-corrected chi connectivity index (χ1v) is 8.54. The number of hydrogen-bond acceptors (Lipinski definition) is 5. The van der Waals surface area contributed by atoms with Crippen LogP contribution in [-0.4, -0.2) is 49.5 Å². The van der Waals surface area contributed by atoms with Gasteiger partial charge in [-0.15, -0.1) is 0 Å². The van der Waals surface area contributed by atoms with E-state index in [1.165, 1.54) is 11.0 Å². The standard InChI is InChI=1S/C19H21F2N5O2/c1-11-7-12(5-6-15(11)28-17(20)21)19(16(27)26(4)18(22)24-19)13-8-14(25(2)3)10-23-9-13/h5-10,17H,1-4H3,(H2,22,24)/p+1. The van der Waals surface area contributed by atoms with E-state index in [0.717, 1.165) is 5.69 Å². The third-order valence-corrected chi connectivity index (χ3v) is 4.80. The van der Waals surface area contributed by atoms with E-state index in [2.05, 4.69) is 14.7 Å². The van der Waals surface area contributed by atoms with Crippen LogP contribution in [0.1, 0.15) is 16.7 Å². The molecule has 3 rings (SSSR count). The van der Waals surface area contributed by atoms with Gasteiger partial charge in [-0.2, -0.15) is 8.78 Å². The Bertz CT molecular complexity index is 948. The van der Waals surface area contributed by atoms with E-state index in [-0.39, 0.29) is 17.6 Å². The van der Waals surface area contributed by atoms with Gasteiger partial charge in [0.15, 0.2) is 0 Å². The predicted octanol–water partition coefficient (Wildman–Crippen LogP) is 0.168. The van der Waals surface area contributed by atoms with E-state index < -0.39 is 12.2 Å². The molecule has 0 bridgehead atoms. The molecule has 1 amide bonds. The Morgan fingerprint density at radius 2 is 1.96 bits per heavy atom. The number of ether oxygens (including phenoxy) is 1. The SMILES string of the molecule is Cc1cc(C2(c3cncc(N(C)C)c3)[NH+]=C(N)N(C)C2=O)ccc1OC(F)F. The van der Waals surface area contributed by atoms with Gasteiger partial charge in [0.1, 0.15) is 5.75 Å². The molecule has 28 heavy (non-hydrogen) atoms. The van der Waals surface area contributed by atoms with Crippen molar-refractivity contribution in [1.82, 2.24) is 9.88 Å². The first kappa shape index (κ1) is 19.5. The summed E-state index contributed by atoms with van der Waals surface area (Å²) in [4.78, 5) is 23.8. The molecular weight excluding hydrogens is 368 g/mol. The smallest absolute Gasteiger partial charge is 0.387 e. The van der Waals surface area contributed by atoms with Crippen LogP contribution in [0.5, 0.6) is 5.75 Å². The topological polar surface area (TPSA) is 85.7 Å². The number of aromatic nitrogens is 1. The summed E-state index contributed by atoms with van der Waals surface area (Å²) in [5, 5.41) is 0. The molecule has 7 nitrogen and oxygen atoms in total. The molecule has 1 aliphatic rings. The van der Waals surface area contributed by atoms with Crippen molar-refractivity contribution in [3.63, 3.8) is 0 Å².